The van der Waals surface area contributed by atoms with Crippen LogP contribution in [0.15, 0.2) is 24.3 Å². The fourth-order valence-electron chi connectivity index (χ4n) is 1.17. The maximum absolute atomic E-state index is 12.0. The first-order valence-electron chi connectivity index (χ1n) is 4.17. The topological polar surface area (TPSA) is 49.8 Å². The number of nitrogens with two attached hydrogens (primary N) is 1. The highest BCUT2D eigenvalue weighted by Crippen LogP contribution is 2.18. The van der Waals surface area contributed by atoms with Gasteiger partial charge in [-0.2, -0.15) is 5.26 Å². The van der Waals surface area contributed by atoms with Crippen LogP contribution in [-0.4, -0.2) is 6.43 Å². The lowest BCUT2D eigenvalue weighted by atomic mass is 10.0. The van der Waals surface area contributed by atoms with Crippen LogP contribution in [0.25, 0.3) is 0 Å². The van der Waals surface area contributed by atoms with E-state index in [0.717, 1.165) is 0 Å². The van der Waals surface area contributed by atoms with Gasteiger partial charge in [0.25, 0.3) is 0 Å². The summed E-state index contributed by atoms with van der Waals surface area (Å²) in [6.45, 7) is 0. The van der Waals surface area contributed by atoms with E-state index in [-0.39, 0.29) is 6.42 Å². The Labute approximate surface area is 81.0 Å². The summed E-state index contributed by atoms with van der Waals surface area (Å²) in [4.78, 5) is 0. The predicted octanol–water partition coefficient (Wildman–Crippen LogP) is 2.21. The molecule has 0 amide bonds. The van der Waals surface area contributed by atoms with E-state index in [4.69, 9.17) is 11.0 Å². The molecule has 4 heteroatoms. The quantitative estimate of drug-likeness (QED) is 0.805. The highest BCUT2D eigenvalue weighted by molar-refractivity contribution is 5.34. The molecule has 0 aromatic heterocycles. The van der Waals surface area contributed by atoms with E-state index in [1.54, 1.807) is 18.2 Å². The normalized spacial score (nSPS) is 12.5. The second-order valence-electron chi connectivity index (χ2n) is 2.97. The van der Waals surface area contributed by atoms with Crippen molar-refractivity contribution in [1.29, 1.82) is 5.26 Å². The van der Waals surface area contributed by atoms with Crippen LogP contribution < -0.4 is 5.73 Å². The number of hydrogen-bond acceptors (Lipinski definition) is 2. The van der Waals surface area contributed by atoms with Crippen LogP contribution in [0.5, 0.6) is 0 Å². The van der Waals surface area contributed by atoms with Gasteiger partial charge in [-0.25, -0.2) is 8.78 Å². The highest BCUT2D eigenvalue weighted by atomic mass is 19.3. The average molecular weight is 196 g/mol. The van der Waals surface area contributed by atoms with Crippen LogP contribution in [0.3, 0.4) is 0 Å². The maximum atomic E-state index is 12.0. The van der Waals surface area contributed by atoms with E-state index < -0.39 is 12.5 Å². The molecule has 2 N–H and O–H groups in total. The SMILES string of the molecule is N#Cc1cccc([C@H](N)CC(F)F)c1. The number of alkyl halides is 2. The molecule has 0 aliphatic heterocycles. The van der Waals surface area contributed by atoms with Gasteiger partial charge in [0.05, 0.1) is 11.6 Å². The molecule has 0 saturated carbocycles. The van der Waals surface area contributed by atoms with Crippen LogP contribution in [0.2, 0.25) is 0 Å². The average Bonchev–Trinajstić information content (AvgIpc) is 2.17. The number of rotatable bonds is 3. The van der Waals surface area contributed by atoms with Gasteiger partial charge in [-0.05, 0) is 17.7 Å². The van der Waals surface area contributed by atoms with Crippen molar-refractivity contribution in [3.63, 3.8) is 0 Å². The molecule has 14 heavy (non-hydrogen) atoms. The molecule has 0 heterocycles. The van der Waals surface area contributed by atoms with Crippen molar-refractivity contribution in [3.05, 3.63) is 35.4 Å². The first-order chi connectivity index (χ1) is 6.63. The highest BCUT2D eigenvalue weighted by Gasteiger charge is 2.12. The summed E-state index contributed by atoms with van der Waals surface area (Å²) >= 11 is 0. The molecule has 0 aliphatic carbocycles. The van der Waals surface area contributed by atoms with Crippen LogP contribution in [-0.2, 0) is 0 Å². The summed E-state index contributed by atoms with van der Waals surface area (Å²) in [5.74, 6) is 0. The molecule has 0 aliphatic rings. The number of nitrogens with zero attached hydrogens (tertiary/aromatic N) is 1. The molecule has 0 unspecified atom stereocenters. The number of hydrogen-bond donors (Lipinski definition) is 1. The van der Waals surface area contributed by atoms with Crippen LogP contribution in [0, 0.1) is 11.3 Å². The third kappa shape index (κ3) is 2.79. The molecule has 2 nitrogen and oxygen atoms in total. The fourth-order valence-corrected chi connectivity index (χ4v) is 1.17. The van der Waals surface area contributed by atoms with Crippen LogP contribution in [0.1, 0.15) is 23.6 Å². The second kappa shape index (κ2) is 4.68. The van der Waals surface area contributed by atoms with Gasteiger partial charge in [0.2, 0.25) is 6.43 Å². The molecule has 0 radical (unpaired) electrons. The summed E-state index contributed by atoms with van der Waals surface area (Å²) in [5.41, 5.74) is 6.54. The predicted molar refractivity (Wildman–Crippen MR) is 48.7 cm³/mol. The Balaban J connectivity index is 2.80. The summed E-state index contributed by atoms with van der Waals surface area (Å²) in [5, 5.41) is 8.59. The van der Waals surface area contributed by atoms with E-state index in [9.17, 15) is 8.78 Å². The minimum Gasteiger partial charge on any atom is -0.324 e. The van der Waals surface area contributed by atoms with Crippen molar-refractivity contribution in [2.24, 2.45) is 5.73 Å². The molecule has 1 atom stereocenters. The Morgan fingerprint density at radius 1 is 1.43 bits per heavy atom. The first-order valence-corrected chi connectivity index (χ1v) is 4.17. The first kappa shape index (κ1) is 10.6. The minimum atomic E-state index is -2.42. The van der Waals surface area contributed by atoms with Crippen molar-refractivity contribution in [2.75, 3.05) is 0 Å². The van der Waals surface area contributed by atoms with E-state index in [1.165, 1.54) is 6.07 Å². The lowest BCUT2D eigenvalue weighted by Crippen LogP contribution is -2.13. The second-order valence-corrected chi connectivity index (χ2v) is 2.97. The van der Waals surface area contributed by atoms with Gasteiger partial charge in [0.1, 0.15) is 0 Å². The Morgan fingerprint density at radius 2 is 2.14 bits per heavy atom. The van der Waals surface area contributed by atoms with Crippen LogP contribution >= 0.6 is 0 Å². The Kier molecular flexibility index (Phi) is 3.55. The molecule has 0 spiro atoms. The van der Waals surface area contributed by atoms with E-state index in [1.807, 2.05) is 6.07 Å². The molecule has 1 aromatic carbocycles. The monoisotopic (exact) mass is 196 g/mol. The zero-order valence-corrected chi connectivity index (χ0v) is 7.45. The van der Waals surface area contributed by atoms with Crippen molar-refractivity contribution in [1.82, 2.24) is 0 Å². The number of benzene rings is 1. The van der Waals surface area contributed by atoms with E-state index in [2.05, 4.69) is 0 Å². The maximum Gasteiger partial charge on any atom is 0.240 e. The third-order valence-electron chi connectivity index (χ3n) is 1.88. The van der Waals surface area contributed by atoms with Gasteiger partial charge in [-0.1, -0.05) is 12.1 Å². The van der Waals surface area contributed by atoms with Gasteiger partial charge in [0, 0.05) is 12.5 Å². The molecule has 0 bridgehead atoms. The smallest absolute Gasteiger partial charge is 0.240 e. The van der Waals surface area contributed by atoms with Crippen molar-refractivity contribution < 1.29 is 8.78 Å². The molecule has 1 rings (SSSR count). The summed E-state index contributed by atoms with van der Waals surface area (Å²) in [6, 6.07) is 7.66. The van der Waals surface area contributed by atoms with Crippen LogP contribution in [0.4, 0.5) is 8.78 Å². The third-order valence-corrected chi connectivity index (χ3v) is 1.88. The van der Waals surface area contributed by atoms with Crippen molar-refractivity contribution in [3.8, 4) is 6.07 Å². The van der Waals surface area contributed by atoms with Gasteiger partial charge < -0.3 is 5.73 Å². The lowest BCUT2D eigenvalue weighted by molar-refractivity contribution is 0.128. The summed E-state index contributed by atoms with van der Waals surface area (Å²) < 4.78 is 24.0. The zero-order valence-electron chi connectivity index (χ0n) is 7.45. The van der Waals surface area contributed by atoms with Gasteiger partial charge >= 0.3 is 0 Å². The molecule has 74 valence electrons. The summed E-state index contributed by atoms with van der Waals surface area (Å²) in [6.07, 6.45) is -2.80. The van der Waals surface area contributed by atoms with Crippen molar-refractivity contribution >= 4 is 0 Å². The molecule has 0 fully saturated rings. The Bertz CT molecular complexity index is 344. The van der Waals surface area contributed by atoms with Crippen molar-refractivity contribution in [2.45, 2.75) is 18.9 Å². The zero-order chi connectivity index (χ0) is 10.6. The fraction of sp³-hybridized carbons (Fsp3) is 0.300. The number of halogens is 2. The summed E-state index contributed by atoms with van der Waals surface area (Å²) in [7, 11) is 0. The van der Waals surface area contributed by atoms with Gasteiger partial charge in [-0.3, -0.25) is 0 Å². The molecular weight excluding hydrogens is 186 g/mol. The Morgan fingerprint density at radius 3 is 2.71 bits per heavy atom. The Hall–Kier alpha value is -1.47. The molecule has 0 saturated heterocycles. The number of nitriles is 1. The largest absolute Gasteiger partial charge is 0.324 e. The van der Waals surface area contributed by atoms with Gasteiger partial charge in [-0.15, -0.1) is 0 Å². The molecular formula is C10H10F2N2. The van der Waals surface area contributed by atoms with E-state index >= 15 is 0 Å². The van der Waals surface area contributed by atoms with E-state index in [0.29, 0.717) is 11.1 Å². The standard InChI is InChI=1S/C10H10F2N2/c11-10(12)5-9(14)8-3-1-2-7(4-8)6-13/h1-4,9-10H,5,14H2/t9-/m1/s1. The minimum absolute atomic E-state index is 0.380. The van der Waals surface area contributed by atoms with Gasteiger partial charge in [0.15, 0.2) is 0 Å². The lowest BCUT2D eigenvalue weighted by Gasteiger charge is -2.10. The molecule has 1 aromatic rings.